The van der Waals surface area contributed by atoms with Gasteiger partial charge in [-0.25, -0.2) is 0 Å². The maximum absolute atomic E-state index is 12.4. The van der Waals surface area contributed by atoms with Gasteiger partial charge >= 0.3 is 5.97 Å². The van der Waals surface area contributed by atoms with Gasteiger partial charge in [-0.05, 0) is 44.9 Å². The monoisotopic (exact) mass is 324 g/mol. The lowest BCUT2D eigenvalue weighted by Gasteiger charge is -2.33. The number of carbonyl (C=O) groups is 3. The highest BCUT2D eigenvalue weighted by molar-refractivity contribution is 5.88. The maximum atomic E-state index is 12.4. The molecule has 6 nitrogen and oxygen atoms in total. The summed E-state index contributed by atoms with van der Waals surface area (Å²) in [5, 5.41) is 11.6. The van der Waals surface area contributed by atoms with Crippen LogP contribution in [0.15, 0.2) is 0 Å². The largest absolute Gasteiger partial charge is 0.481 e. The summed E-state index contributed by atoms with van der Waals surface area (Å²) in [5.74, 6) is -0.301. The third-order valence-electron chi connectivity index (χ3n) is 5.15. The van der Waals surface area contributed by atoms with Gasteiger partial charge in [0.2, 0.25) is 11.8 Å². The van der Waals surface area contributed by atoms with Crippen molar-refractivity contribution in [3.8, 4) is 0 Å². The first-order valence-corrected chi connectivity index (χ1v) is 8.78. The molecule has 1 atom stereocenters. The lowest BCUT2D eigenvalue weighted by molar-refractivity contribution is -0.139. The summed E-state index contributed by atoms with van der Waals surface area (Å²) in [6.07, 6.45) is 6.65. The summed E-state index contributed by atoms with van der Waals surface area (Å²) < 4.78 is 0. The molecule has 0 spiro atoms. The summed E-state index contributed by atoms with van der Waals surface area (Å²) in [7, 11) is 0. The number of piperidine rings is 1. The molecule has 0 radical (unpaired) electrons. The molecule has 1 heterocycles. The minimum Gasteiger partial charge on any atom is -0.481 e. The zero-order valence-electron chi connectivity index (χ0n) is 13.9. The molecule has 0 aromatic heterocycles. The lowest BCUT2D eigenvalue weighted by atomic mass is 9.92. The van der Waals surface area contributed by atoms with Crippen LogP contribution in [0.25, 0.3) is 0 Å². The molecule has 1 aliphatic carbocycles. The summed E-state index contributed by atoms with van der Waals surface area (Å²) in [6.45, 7) is 3.07. The summed E-state index contributed by atoms with van der Waals surface area (Å²) in [4.78, 5) is 37.0. The Kier molecular flexibility index (Phi) is 6.42. The molecule has 0 bridgehead atoms. The van der Waals surface area contributed by atoms with Gasteiger partial charge in [0.1, 0.15) is 6.04 Å². The van der Waals surface area contributed by atoms with Gasteiger partial charge in [0.15, 0.2) is 0 Å². The van der Waals surface area contributed by atoms with Crippen LogP contribution in [0, 0.1) is 11.8 Å². The second kappa shape index (κ2) is 8.31. The predicted octanol–water partition coefficient (Wildman–Crippen LogP) is 1.78. The van der Waals surface area contributed by atoms with E-state index in [-0.39, 0.29) is 24.2 Å². The Labute approximate surface area is 137 Å². The molecule has 1 unspecified atom stereocenters. The highest BCUT2D eigenvalue weighted by atomic mass is 16.4. The van der Waals surface area contributed by atoms with Crippen molar-refractivity contribution in [3.05, 3.63) is 0 Å². The zero-order chi connectivity index (χ0) is 16.8. The Morgan fingerprint density at radius 1 is 1.13 bits per heavy atom. The van der Waals surface area contributed by atoms with E-state index >= 15 is 0 Å². The van der Waals surface area contributed by atoms with Crippen LogP contribution < -0.4 is 5.32 Å². The molecule has 2 aliphatic rings. The third kappa shape index (κ3) is 5.22. The number of hydrogen-bond acceptors (Lipinski definition) is 3. The van der Waals surface area contributed by atoms with Crippen LogP contribution in [0.3, 0.4) is 0 Å². The molecule has 0 aromatic rings. The van der Waals surface area contributed by atoms with E-state index in [0.29, 0.717) is 25.4 Å². The molecule has 2 N–H and O–H groups in total. The number of carboxylic acids is 1. The molecule has 1 saturated carbocycles. The van der Waals surface area contributed by atoms with Crippen molar-refractivity contribution in [3.63, 3.8) is 0 Å². The van der Waals surface area contributed by atoms with E-state index in [2.05, 4.69) is 5.32 Å². The molecular weight excluding hydrogens is 296 g/mol. The predicted molar refractivity (Wildman–Crippen MR) is 85.7 cm³/mol. The average Bonchev–Trinajstić information content (AvgIpc) is 3.07. The molecule has 1 aliphatic heterocycles. The maximum Gasteiger partial charge on any atom is 0.303 e. The van der Waals surface area contributed by atoms with E-state index < -0.39 is 12.0 Å². The highest BCUT2D eigenvalue weighted by Crippen LogP contribution is 2.25. The van der Waals surface area contributed by atoms with Gasteiger partial charge in [0, 0.05) is 25.4 Å². The van der Waals surface area contributed by atoms with E-state index in [1.807, 2.05) is 0 Å². The van der Waals surface area contributed by atoms with Crippen LogP contribution in [0.4, 0.5) is 0 Å². The fourth-order valence-corrected chi connectivity index (χ4v) is 3.62. The quantitative estimate of drug-likeness (QED) is 0.780. The third-order valence-corrected chi connectivity index (χ3v) is 5.15. The van der Waals surface area contributed by atoms with E-state index in [0.717, 1.165) is 38.5 Å². The second-order valence-corrected chi connectivity index (χ2v) is 6.91. The fraction of sp³-hybridized carbons (Fsp3) is 0.824. The number of nitrogens with zero attached hydrogens (tertiary/aromatic N) is 1. The van der Waals surface area contributed by atoms with Crippen molar-refractivity contribution in [1.29, 1.82) is 0 Å². The van der Waals surface area contributed by atoms with E-state index in [9.17, 15) is 14.4 Å². The first kappa shape index (κ1) is 17.8. The van der Waals surface area contributed by atoms with Gasteiger partial charge in [-0.2, -0.15) is 0 Å². The molecule has 2 amide bonds. The topological polar surface area (TPSA) is 86.7 Å². The molecule has 23 heavy (non-hydrogen) atoms. The van der Waals surface area contributed by atoms with Gasteiger partial charge < -0.3 is 15.3 Å². The number of carboxylic acid groups (broad SMARTS) is 1. The lowest BCUT2D eigenvalue weighted by Crippen LogP contribution is -2.50. The van der Waals surface area contributed by atoms with Gasteiger partial charge in [0.05, 0.1) is 0 Å². The van der Waals surface area contributed by atoms with Crippen LogP contribution in [-0.4, -0.2) is 46.9 Å². The molecule has 6 heteroatoms. The van der Waals surface area contributed by atoms with Crippen LogP contribution in [-0.2, 0) is 14.4 Å². The van der Waals surface area contributed by atoms with Crippen molar-refractivity contribution in [2.75, 3.05) is 13.1 Å². The van der Waals surface area contributed by atoms with Crippen molar-refractivity contribution >= 4 is 17.8 Å². The summed E-state index contributed by atoms with van der Waals surface area (Å²) >= 11 is 0. The fourth-order valence-electron chi connectivity index (χ4n) is 3.62. The van der Waals surface area contributed by atoms with E-state index in [1.54, 1.807) is 11.8 Å². The minimum absolute atomic E-state index is 0.0136. The van der Waals surface area contributed by atoms with Crippen LogP contribution >= 0.6 is 0 Å². The van der Waals surface area contributed by atoms with Gasteiger partial charge in [0.25, 0.3) is 0 Å². The Balaban J connectivity index is 1.73. The number of hydrogen-bond donors (Lipinski definition) is 2. The van der Waals surface area contributed by atoms with Crippen molar-refractivity contribution in [2.45, 2.75) is 64.3 Å². The molecule has 0 aromatic carbocycles. The molecule has 130 valence electrons. The number of nitrogens with one attached hydrogen (secondary N) is 1. The molecular formula is C17H28N2O4. The first-order valence-electron chi connectivity index (χ1n) is 8.78. The van der Waals surface area contributed by atoms with Crippen LogP contribution in [0.1, 0.15) is 58.3 Å². The van der Waals surface area contributed by atoms with Gasteiger partial charge in [-0.15, -0.1) is 0 Å². The van der Waals surface area contributed by atoms with Crippen molar-refractivity contribution in [2.24, 2.45) is 11.8 Å². The van der Waals surface area contributed by atoms with Crippen molar-refractivity contribution in [1.82, 2.24) is 10.2 Å². The normalized spacial score (nSPS) is 21.2. The smallest absolute Gasteiger partial charge is 0.303 e. The Bertz CT molecular complexity index is 438. The standard InChI is InChI=1S/C17H28N2O4/c1-12(18-16(22)14-4-2-3-5-14)17(23)19-10-8-13(9-11-19)6-7-15(20)21/h12-14H,2-11H2,1H3,(H,18,22)(H,20,21). The minimum atomic E-state index is -0.758. The number of likely N-dealkylation sites (tertiary alicyclic amines) is 1. The Morgan fingerprint density at radius 2 is 1.74 bits per heavy atom. The zero-order valence-corrected chi connectivity index (χ0v) is 13.9. The first-order chi connectivity index (χ1) is 11.0. The van der Waals surface area contributed by atoms with E-state index in [4.69, 9.17) is 5.11 Å². The van der Waals surface area contributed by atoms with Gasteiger partial charge in [-0.1, -0.05) is 12.8 Å². The van der Waals surface area contributed by atoms with E-state index in [1.165, 1.54) is 0 Å². The SMILES string of the molecule is CC(NC(=O)C1CCCC1)C(=O)N1CCC(CCC(=O)O)CC1. The average molecular weight is 324 g/mol. The summed E-state index contributed by atoms with van der Waals surface area (Å²) in [5.41, 5.74) is 0. The highest BCUT2D eigenvalue weighted by Gasteiger charge is 2.29. The number of carbonyl (C=O) groups excluding carboxylic acids is 2. The molecule has 2 rings (SSSR count). The summed E-state index contributed by atoms with van der Waals surface area (Å²) in [6, 6.07) is -0.473. The van der Waals surface area contributed by atoms with Crippen molar-refractivity contribution < 1.29 is 19.5 Å². The van der Waals surface area contributed by atoms with Crippen LogP contribution in [0.5, 0.6) is 0 Å². The second-order valence-electron chi connectivity index (χ2n) is 6.91. The Hall–Kier alpha value is -1.59. The molecule has 1 saturated heterocycles. The van der Waals surface area contributed by atoms with Gasteiger partial charge in [-0.3, -0.25) is 14.4 Å². The van der Waals surface area contributed by atoms with Crippen LogP contribution in [0.2, 0.25) is 0 Å². The number of amides is 2. The molecule has 2 fully saturated rings. The number of aliphatic carboxylic acids is 1. The Morgan fingerprint density at radius 3 is 2.30 bits per heavy atom. The number of rotatable bonds is 6.